The molecule has 3 rings (SSSR count). The van der Waals surface area contributed by atoms with Gasteiger partial charge in [-0.2, -0.15) is 8.78 Å². The molecule has 3 amide bonds. The van der Waals surface area contributed by atoms with Crippen LogP contribution in [0.5, 0.6) is 5.75 Å². The molecule has 0 radical (unpaired) electrons. The number of nitrogens with one attached hydrogen (secondary N) is 1. The standard InChI is InChI=1S/C22H24F2N2O3/c1-21(2,3)15-7-5-14(6-8-15)13-26-18(27)22(4,25-20(26)28)16-9-11-17(12-10-16)29-19(23)24/h5-12,19H,13H2,1-4H3,(H,25,28). The Hall–Kier alpha value is -2.96. The fraction of sp³-hybridized carbons (Fsp3) is 0.364. The maximum Gasteiger partial charge on any atom is 0.387 e. The number of carbonyl (C=O) groups excluding carboxylic acids is 2. The van der Waals surface area contributed by atoms with E-state index in [0.717, 1.165) is 16.0 Å². The van der Waals surface area contributed by atoms with Crippen molar-refractivity contribution >= 4 is 11.9 Å². The van der Waals surface area contributed by atoms with E-state index in [2.05, 4.69) is 30.8 Å². The minimum absolute atomic E-state index is 0.0120. The molecule has 0 aliphatic carbocycles. The van der Waals surface area contributed by atoms with E-state index in [4.69, 9.17) is 0 Å². The smallest absolute Gasteiger partial charge is 0.387 e. The molecule has 1 heterocycles. The van der Waals surface area contributed by atoms with Crippen LogP contribution in [0.15, 0.2) is 48.5 Å². The summed E-state index contributed by atoms with van der Waals surface area (Å²) in [5.74, 6) is -0.412. The van der Waals surface area contributed by atoms with Gasteiger partial charge in [0, 0.05) is 0 Å². The zero-order chi connectivity index (χ0) is 21.4. The molecule has 154 valence electrons. The third-order valence-corrected chi connectivity index (χ3v) is 5.09. The minimum atomic E-state index is -2.93. The van der Waals surface area contributed by atoms with E-state index >= 15 is 0 Å². The van der Waals surface area contributed by atoms with Crippen LogP contribution in [0, 0.1) is 0 Å². The molecular weight excluding hydrogens is 378 g/mol. The lowest BCUT2D eigenvalue weighted by atomic mass is 9.86. The number of halogens is 2. The summed E-state index contributed by atoms with van der Waals surface area (Å²) in [6.07, 6.45) is 0. The van der Waals surface area contributed by atoms with Crippen LogP contribution in [0.1, 0.15) is 44.4 Å². The van der Waals surface area contributed by atoms with Crippen LogP contribution in [0.4, 0.5) is 13.6 Å². The average Bonchev–Trinajstić information content (AvgIpc) is 2.85. The number of benzene rings is 2. The summed E-state index contributed by atoms with van der Waals surface area (Å²) >= 11 is 0. The van der Waals surface area contributed by atoms with Crippen molar-refractivity contribution in [2.24, 2.45) is 0 Å². The van der Waals surface area contributed by atoms with Gasteiger partial charge in [0.25, 0.3) is 5.91 Å². The first-order valence-electron chi connectivity index (χ1n) is 9.29. The van der Waals surface area contributed by atoms with E-state index in [-0.39, 0.29) is 17.7 Å². The monoisotopic (exact) mass is 402 g/mol. The Labute approximate surface area is 168 Å². The van der Waals surface area contributed by atoms with Crippen LogP contribution >= 0.6 is 0 Å². The second kappa shape index (κ2) is 7.46. The highest BCUT2D eigenvalue weighted by Crippen LogP contribution is 2.31. The summed E-state index contributed by atoms with van der Waals surface area (Å²) in [5.41, 5.74) is 1.23. The Kier molecular flexibility index (Phi) is 5.34. The summed E-state index contributed by atoms with van der Waals surface area (Å²) in [4.78, 5) is 26.7. The van der Waals surface area contributed by atoms with Gasteiger partial charge < -0.3 is 10.1 Å². The van der Waals surface area contributed by atoms with Gasteiger partial charge in [-0.25, -0.2) is 4.79 Å². The second-order valence-electron chi connectivity index (χ2n) is 8.30. The molecular formula is C22H24F2N2O3. The minimum Gasteiger partial charge on any atom is -0.435 e. The highest BCUT2D eigenvalue weighted by Gasteiger charge is 2.48. The Bertz CT molecular complexity index is 905. The van der Waals surface area contributed by atoms with Gasteiger partial charge in [0.15, 0.2) is 0 Å². The van der Waals surface area contributed by atoms with E-state index < -0.39 is 24.1 Å². The maximum atomic E-state index is 13.0. The Morgan fingerprint density at radius 1 is 1.03 bits per heavy atom. The molecule has 1 unspecified atom stereocenters. The van der Waals surface area contributed by atoms with Gasteiger partial charge in [-0.05, 0) is 41.2 Å². The SMILES string of the molecule is CC(C)(C)c1ccc(CN2C(=O)NC(C)(c3ccc(OC(F)F)cc3)C2=O)cc1. The van der Waals surface area contributed by atoms with Crippen molar-refractivity contribution in [1.82, 2.24) is 10.2 Å². The van der Waals surface area contributed by atoms with Gasteiger partial charge in [-0.3, -0.25) is 9.69 Å². The van der Waals surface area contributed by atoms with Crippen LogP contribution in [-0.2, 0) is 22.3 Å². The maximum absolute atomic E-state index is 13.0. The highest BCUT2D eigenvalue weighted by atomic mass is 19.3. The molecule has 29 heavy (non-hydrogen) atoms. The fourth-order valence-electron chi connectivity index (χ4n) is 3.30. The number of urea groups is 1. The fourth-order valence-corrected chi connectivity index (χ4v) is 3.30. The number of carbonyl (C=O) groups is 2. The van der Waals surface area contributed by atoms with Crippen LogP contribution in [0.2, 0.25) is 0 Å². The van der Waals surface area contributed by atoms with Gasteiger partial charge in [0.05, 0.1) is 6.54 Å². The number of imide groups is 1. The number of rotatable bonds is 5. The molecule has 7 heteroatoms. The Morgan fingerprint density at radius 2 is 1.62 bits per heavy atom. The van der Waals surface area contributed by atoms with Gasteiger partial charge in [-0.15, -0.1) is 0 Å². The predicted molar refractivity (Wildman–Crippen MR) is 105 cm³/mol. The van der Waals surface area contributed by atoms with Gasteiger partial charge >= 0.3 is 12.6 Å². The zero-order valence-electron chi connectivity index (χ0n) is 16.8. The summed E-state index contributed by atoms with van der Waals surface area (Å²) < 4.78 is 29.0. The van der Waals surface area contributed by atoms with Crippen molar-refractivity contribution in [2.75, 3.05) is 0 Å². The first-order valence-corrected chi connectivity index (χ1v) is 9.29. The largest absolute Gasteiger partial charge is 0.435 e. The Balaban J connectivity index is 1.78. The van der Waals surface area contributed by atoms with Crippen molar-refractivity contribution in [3.05, 3.63) is 65.2 Å². The number of nitrogens with zero attached hydrogens (tertiary/aromatic N) is 1. The van der Waals surface area contributed by atoms with Crippen molar-refractivity contribution < 1.29 is 23.1 Å². The summed E-state index contributed by atoms with van der Waals surface area (Å²) in [6.45, 7) is 5.16. The summed E-state index contributed by atoms with van der Waals surface area (Å²) in [7, 11) is 0. The van der Waals surface area contributed by atoms with Crippen molar-refractivity contribution in [3.8, 4) is 5.75 Å². The number of alkyl halides is 2. The first kappa shape index (κ1) is 20.8. The van der Waals surface area contributed by atoms with E-state index in [1.807, 2.05) is 24.3 Å². The van der Waals surface area contributed by atoms with E-state index in [9.17, 15) is 18.4 Å². The predicted octanol–water partition coefficient (Wildman–Crippen LogP) is 4.55. The molecule has 0 saturated carbocycles. The molecule has 5 nitrogen and oxygen atoms in total. The lowest BCUT2D eigenvalue weighted by Gasteiger charge is -2.23. The molecule has 2 aromatic carbocycles. The normalized spacial score (nSPS) is 19.6. The number of ether oxygens (including phenoxy) is 1. The molecule has 0 spiro atoms. The number of hydrogen-bond acceptors (Lipinski definition) is 3. The van der Waals surface area contributed by atoms with Crippen molar-refractivity contribution in [2.45, 2.75) is 51.8 Å². The molecule has 1 aliphatic heterocycles. The van der Waals surface area contributed by atoms with Gasteiger partial charge in [0.2, 0.25) is 0 Å². The molecule has 0 aromatic heterocycles. The molecule has 1 atom stereocenters. The number of amides is 3. The molecule has 1 fully saturated rings. The first-order chi connectivity index (χ1) is 13.5. The summed E-state index contributed by atoms with van der Waals surface area (Å²) in [6, 6.07) is 13.0. The van der Waals surface area contributed by atoms with Crippen LogP contribution in [0.3, 0.4) is 0 Å². The van der Waals surface area contributed by atoms with Crippen LogP contribution in [0.25, 0.3) is 0 Å². The quantitative estimate of drug-likeness (QED) is 0.747. The summed E-state index contributed by atoms with van der Waals surface area (Å²) in [5, 5.41) is 2.71. The van der Waals surface area contributed by atoms with Crippen molar-refractivity contribution in [1.29, 1.82) is 0 Å². The van der Waals surface area contributed by atoms with Crippen LogP contribution in [-0.4, -0.2) is 23.4 Å². The van der Waals surface area contributed by atoms with Gasteiger partial charge in [-0.1, -0.05) is 57.2 Å². The number of hydrogen-bond donors (Lipinski definition) is 1. The molecule has 1 saturated heterocycles. The highest BCUT2D eigenvalue weighted by molar-refractivity contribution is 6.07. The lowest BCUT2D eigenvalue weighted by molar-refractivity contribution is -0.131. The molecule has 0 bridgehead atoms. The van der Waals surface area contributed by atoms with E-state index in [1.54, 1.807) is 6.92 Å². The van der Waals surface area contributed by atoms with E-state index in [1.165, 1.54) is 24.3 Å². The molecule has 2 aromatic rings. The lowest BCUT2D eigenvalue weighted by Crippen LogP contribution is -2.40. The Morgan fingerprint density at radius 3 is 2.14 bits per heavy atom. The third-order valence-electron chi connectivity index (χ3n) is 5.09. The third kappa shape index (κ3) is 4.23. The van der Waals surface area contributed by atoms with Crippen LogP contribution < -0.4 is 10.1 Å². The van der Waals surface area contributed by atoms with Crippen molar-refractivity contribution in [3.63, 3.8) is 0 Å². The average molecular weight is 402 g/mol. The molecule has 1 N–H and O–H groups in total. The van der Waals surface area contributed by atoms with Gasteiger partial charge in [0.1, 0.15) is 11.3 Å². The second-order valence-corrected chi connectivity index (χ2v) is 8.30. The zero-order valence-corrected chi connectivity index (χ0v) is 16.8. The van der Waals surface area contributed by atoms with E-state index in [0.29, 0.717) is 5.56 Å². The molecule has 1 aliphatic rings. The topological polar surface area (TPSA) is 58.6 Å².